The SMILES string of the molecule is Oc1ccc2cc(-c3ccc(C(F)(F)F)cc3)ccc2c1-c1c(O)ccc2cc(-c3ccc(C(F)(F)F)cc3)ccc12. The lowest BCUT2D eigenvalue weighted by Gasteiger charge is -2.16. The standard InChI is InChI=1S/C34H20F6O2/c35-33(36,37)25-9-1-19(2-10-25)21-5-13-27-23(17-21)7-15-29(41)31(27)32-28-14-6-22(18-24(28)8-16-30(32)42)20-3-11-26(12-4-20)34(38,39)40/h1-18,41-42H. The molecule has 2 nitrogen and oxygen atoms in total. The van der Waals surface area contributed by atoms with E-state index in [0.29, 0.717) is 54.9 Å². The molecule has 0 radical (unpaired) electrons. The zero-order valence-electron chi connectivity index (χ0n) is 21.6. The largest absolute Gasteiger partial charge is 0.507 e. The molecule has 0 saturated carbocycles. The second-order valence-corrected chi connectivity index (χ2v) is 9.94. The fourth-order valence-corrected chi connectivity index (χ4v) is 5.22. The molecule has 2 N–H and O–H groups in total. The van der Waals surface area contributed by atoms with Gasteiger partial charge in [-0.05, 0) is 92.3 Å². The number of hydrogen-bond donors (Lipinski definition) is 2. The van der Waals surface area contributed by atoms with Crippen LogP contribution in [0.1, 0.15) is 11.1 Å². The maximum Gasteiger partial charge on any atom is 0.416 e. The van der Waals surface area contributed by atoms with Crippen molar-refractivity contribution < 1.29 is 36.6 Å². The Balaban J connectivity index is 1.44. The van der Waals surface area contributed by atoms with Crippen LogP contribution in [0.25, 0.3) is 54.9 Å². The predicted molar refractivity (Wildman–Crippen MR) is 151 cm³/mol. The number of hydrogen-bond acceptors (Lipinski definition) is 2. The molecular formula is C34H20F6O2. The maximum absolute atomic E-state index is 13.0. The van der Waals surface area contributed by atoms with Gasteiger partial charge in [0.15, 0.2) is 0 Å². The summed E-state index contributed by atoms with van der Waals surface area (Å²) in [6.07, 6.45) is -8.87. The Morgan fingerprint density at radius 2 is 0.714 bits per heavy atom. The molecule has 6 rings (SSSR count). The van der Waals surface area contributed by atoms with Crippen LogP contribution in [-0.4, -0.2) is 10.2 Å². The van der Waals surface area contributed by atoms with Gasteiger partial charge in [0.2, 0.25) is 0 Å². The number of halogens is 6. The molecule has 0 amide bonds. The predicted octanol–water partition coefficient (Wildman–Crippen LogP) is 10.4. The first-order chi connectivity index (χ1) is 19.9. The Morgan fingerprint density at radius 3 is 1.05 bits per heavy atom. The summed E-state index contributed by atoms with van der Waals surface area (Å²) in [7, 11) is 0. The summed E-state index contributed by atoms with van der Waals surface area (Å²) in [6.45, 7) is 0. The molecule has 0 fully saturated rings. The van der Waals surface area contributed by atoms with E-state index < -0.39 is 23.5 Å². The molecule has 0 heterocycles. The van der Waals surface area contributed by atoms with E-state index in [1.165, 1.54) is 36.4 Å². The Morgan fingerprint density at radius 1 is 0.381 bits per heavy atom. The van der Waals surface area contributed by atoms with Gasteiger partial charge in [-0.3, -0.25) is 0 Å². The monoisotopic (exact) mass is 574 g/mol. The van der Waals surface area contributed by atoms with Gasteiger partial charge in [0.05, 0.1) is 11.1 Å². The van der Waals surface area contributed by atoms with Gasteiger partial charge in [-0.15, -0.1) is 0 Å². The topological polar surface area (TPSA) is 40.5 Å². The van der Waals surface area contributed by atoms with E-state index in [4.69, 9.17) is 0 Å². The summed E-state index contributed by atoms with van der Waals surface area (Å²) in [4.78, 5) is 0. The van der Waals surface area contributed by atoms with Crippen LogP contribution in [0, 0.1) is 0 Å². The molecule has 0 aromatic heterocycles. The van der Waals surface area contributed by atoms with Crippen molar-refractivity contribution in [3.63, 3.8) is 0 Å². The number of phenolic OH excluding ortho intramolecular Hbond substituents is 2. The molecular weight excluding hydrogens is 554 g/mol. The molecule has 0 saturated heterocycles. The molecule has 6 aromatic rings. The first-order valence-corrected chi connectivity index (χ1v) is 12.8. The highest BCUT2D eigenvalue weighted by Crippen LogP contribution is 2.46. The van der Waals surface area contributed by atoms with Crippen LogP contribution < -0.4 is 0 Å². The molecule has 0 aliphatic carbocycles. The van der Waals surface area contributed by atoms with E-state index in [-0.39, 0.29) is 11.5 Å². The van der Waals surface area contributed by atoms with Crippen molar-refractivity contribution in [3.8, 4) is 44.9 Å². The fourth-order valence-electron chi connectivity index (χ4n) is 5.22. The number of fused-ring (bicyclic) bond motifs is 2. The first kappa shape index (κ1) is 27.2. The summed E-state index contributed by atoms with van der Waals surface area (Å²) in [6, 6.07) is 26.6. The molecule has 0 atom stereocenters. The van der Waals surface area contributed by atoms with E-state index in [0.717, 1.165) is 24.3 Å². The van der Waals surface area contributed by atoms with Gasteiger partial charge < -0.3 is 10.2 Å². The minimum atomic E-state index is -4.44. The highest BCUT2D eigenvalue weighted by Gasteiger charge is 2.31. The number of phenols is 2. The molecule has 8 heteroatoms. The van der Waals surface area contributed by atoms with Crippen LogP contribution in [0.4, 0.5) is 26.3 Å². The van der Waals surface area contributed by atoms with E-state index >= 15 is 0 Å². The molecule has 0 aliphatic heterocycles. The summed E-state index contributed by atoms with van der Waals surface area (Å²) >= 11 is 0. The second-order valence-electron chi connectivity index (χ2n) is 9.94. The van der Waals surface area contributed by atoms with Crippen LogP contribution in [0.3, 0.4) is 0 Å². The third-order valence-electron chi connectivity index (χ3n) is 7.34. The minimum absolute atomic E-state index is 0.0839. The number of benzene rings is 6. The molecule has 210 valence electrons. The van der Waals surface area contributed by atoms with Crippen molar-refractivity contribution in [3.05, 3.63) is 120 Å². The van der Waals surface area contributed by atoms with Gasteiger partial charge in [-0.1, -0.05) is 60.7 Å². The van der Waals surface area contributed by atoms with Crippen molar-refractivity contribution in [2.75, 3.05) is 0 Å². The number of rotatable bonds is 3. The second kappa shape index (κ2) is 9.83. The number of aromatic hydroxyl groups is 2. The fraction of sp³-hybridized carbons (Fsp3) is 0.0588. The minimum Gasteiger partial charge on any atom is -0.507 e. The average molecular weight is 575 g/mol. The Hall–Kier alpha value is -4.98. The van der Waals surface area contributed by atoms with Crippen molar-refractivity contribution in [1.82, 2.24) is 0 Å². The van der Waals surface area contributed by atoms with Gasteiger partial charge in [0, 0.05) is 11.1 Å². The first-order valence-electron chi connectivity index (χ1n) is 12.8. The van der Waals surface area contributed by atoms with E-state index in [1.807, 2.05) is 0 Å². The van der Waals surface area contributed by atoms with E-state index in [1.54, 1.807) is 48.5 Å². The molecule has 0 unspecified atom stereocenters. The van der Waals surface area contributed by atoms with Gasteiger partial charge in [0.1, 0.15) is 11.5 Å². The van der Waals surface area contributed by atoms with Gasteiger partial charge in [0.25, 0.3) is 0 Å². The van der Waals surface area contributed by atoms with Gasteiger partial charge in [-0.2, -0.15) is 26.3 Å². The van der Waals surface area contributed by atoms with Crippen molar-refractivity contribution in [2.24, 2.45) is 0 Å². The summed E-state index contributed by atoms with van der Waals surface area (Å²) in [5.41, 5.74) is 1.78. The third kappa shape index (κ3) is 4.89. The lowest BCUT2D eigenvalue weighted by Crippen LogP contribution is -2.03. The summed E-state index contributed by atoms with van der Waals surface area (Å²) < 4.78 is 78.0. The maximum atomic E-state index is 13.0. The average Bonchev–Trinajstić information content (AvgIpc) is 2.96. The Bertz CT molecular complexity index is 1810. The smallest absolute Gasteiger partial charge is 0.416 e. The van der Waals surface area contributed by atoms with Crippen LogP contribution in [-0.2, 0) is 12.4 Å². The van der Waals surface area contributed by atoms with E-state index in [9.17, 15) is 36.6 Å². The lowest BCUT2D eigenvalue weighted by molar-refractivity contribution is -0.138. The summed E-state index contributed by atoms with van der Waals surface area (Å²) in [5.74, 6) is -0.168. The Kier molecular flexibility index (Phi) is 6.37. The Labute approximate surface area is 235 Å². The van der Waals surface area contributed by atoms with Crippen molar-refractivity contribution >= 4 is 21.5 Å². The van der Waals surface area contributed by atoms with Crippen LogP contribution in [0.15, 0.2) is 109 Å². The van der Waals surface area contributed by atoms with Crippen molar-refractivity contribution in [2.45, 2.75) is 12.4 Å². The van der Waals surface area contributed by atoms with Gasteiger partial charge in [-0.25, -0.2) is 0 Å². The quantitative estimate of drug-likeness (QED) is 0.207. The zero-order valence-corrected chi connectivity index (χ0v) is 21.6. The molecule has 0 bridgehead atoms. The normalized spacial score (nSPS) is 12.2. The van der Waals surface area contributed by atoms with Crippen LogP contribution in [0.5, 0.6) is 11.5 Å². The van der Waals surface area contributed by atoms with Crippen LogP contribution in [0.2, 0.25) is 0 Å². The highest BCUT2D eigenvalue weighted by atomic mass is 19.4. The number of alkyl halides is 6. The van der Waals surface area contributed by atoms with Crippen LogP contribution >= 0.6 is 0 Å². The summed E-state index contributed by atoms with van der Waals surface area (Å²) in [5, 5.41) is 24.5. The molecule has 6 aromatic carbocycles. The molecule has 42 heavy (non-hydrogen) atoms. The van der Waals surface area contributed by atoms with Gasteiger partial charge >= 0.3 is 12.4 Å². The van der Waals surface area contributed by atoms with Crippen molar-refractivity contribution in [1.29, 1.82) is 0 Å². The third-order valence-corrected chi connectivity index (χ3v) is 7.34. The zero-order chi connectivity index (χ0) is 29.8. The highest BCUT2D eigenvalue weighted by molar-refractivity contribution is 6.10. The molecule has 0 spiro atoms. The molecule has 0 aliphatic rings. The lowest BCUT2D eigenvalue weighted by atomic mass is 9.90. The van der Waals surface area contributed by atoms with E-state index in [2.05, 4.69) is 0 Å².